The molecule has 2 aromatic rings. The number of anilines is 1. The van der Waals surface area contributed by atoms with Crippen molar-refractivity contribution in [2.24, 2.45) is 0 Å². The smallest absolute Gasteiger partial charge is 0.262 e. The molecule has 1 N–H and O–H groups in total. The van der Waals surface area contributed by atoms with E-state index in [0.29, 0.717) is 10.8 Å². The number of hydrogen-bond acceptors (Lipinski definition) is 3. The zero-order valence-electron chi connectivity index (χ0n) is 16.1. The first-order valence-corrected chi connectivity index (χ1v) is 9.90. The van der Waals surface area contributed by atoms with E-state index >= 15 is 0 Å². The molecule has 0 radical (unpaired) electrons. The van der Waals surface area contributed by atoms with Gasteiger partial charge in [-0.05, 0) is 74.7 Å². The number of hydrogen-bond donors (Lipinski definition) is 1. The molecule has 1 saturated heterocycles. The van der Waals surface area contributed by atoms with Crippen molar-refractivity contribution in [2.75, 3.05) is 25.0 Å². The molecular formula is C22H27ClN2O2. The molecule has 1 amide bonds. The van der Waals surface area contributed by atoms with E-state index in [1.807, 2.05) is 38.1 Å². The quantitative estimate of drug-likeness (QED) is 0.762. The summed E-state index contributed by atoms with van der Waals surface area (Å²) < 4.78 is 5.63. The third kappa shape index (κ3) is 5.72. The molecule has 1 heterocycles. The fourth-order valence-electron chi connectivity index (χ4n) is 3.49. The Kier molecular flexibility index (Phi) is 6.75. The standard InChI is InChI=1S/C22H27ClN2O2/c1-16-12-17(2)22(20(23)13-16)27-15-21(26)24-19-8-6-18(7-9-19)14-25-10-4-3-5-11-25/h6-9,12-13H,3-5,10-11,14-15H2,1-2H3,(H,24,26). The SMILES string of the molecule is Cc1cc(C)c(OCC(=O)Nc2ccc(CN3CCCCC3)cc2)c(Cl)c1. The summed E-state index contributed by atoms with van der Waals surface area (Å²) in [4.78, 5) is 14.7. The summed E-state index contributed by atoms with van der Waals surface area (Å²) in [6.45, 7) is 7.16. The summed E-state index contributed by atoms with van der Waals surface area (Å²) in [6, 6.07) is 11.9. The number of rotatable bonds is 6. The molecule has 0 spiro atoms. The lowest BCUT2D eigenvalue weighted by Crippen LogP contribution is -2.29. The molecule has 1 fully saturated rings. The molecule has 144 valence electrons. The van der Waals surface area contributed by atoms with Crippen molar-refractivity contribution in [3.05, 3.63) is 58.1 Å². The third-order valence-corrected chi connectivity index (χ3v) is 5.09. The van der Waals surface area contributed by atoms with Gasteiger partial charge in [-0.15, -0.1) is 0 Å². The van der Waals surface area contributed by atoms with E-state index in [0.717, 1.165) is 23.4 Å². The maximum atomic E-state index is 12.2. The molecule has 0 unspecified atom stereocenters. The highest BCUT2D eigenvalue weighted by atomic mass is 35.5. The van der Waals surface area contributed by atoms with Gasteiger partial charge in [0.05, 0.1) is 5.02 Å². The predicted molar refractivity (Wildman–Crippen MR) is 111 cm³/mol. The van der Waals surface area contributed by atoms with Crippen molar-refractivity contribution in [3.63, 3.8) is 0 Å². The third-order valence-electron chi connectivity index (χ3n) is 4.81. The number of halogens is 1. The van der Waals surface area contributed by atoms with Crippen LogP contribution < -0.4 is 10.1 Å². The van der Waals surface area contributed by atoms with Gasteiger partial charge in [0, 0.05) is 12.2 Å². The van der Waals surface area contributed by atoms with E-state index in [1.165, 1.54) is 37.9 Å². The van der Waals surface area contributed by atoms with E-state index in [4.69, 9.17) is 16.3 Å². The Hall–Kier alpha value is -2.04. The molecule has 27 heavy (non-hydrogen) atoms. The van der Waals surface area contributed by atoms with Crippen LogP contribution in [0.3, 0.4) is 0 Å². The van der Waals surface area contributed by atoms with Crippen LogP contribution in [0.4, 0.5) is 5.69 Å². The summed E-state index contributed by atoms with van der Waals surface area (Å²) in [6.07, 6.45) is 3.92. The number of carbonyl (C=O) groups is 1. The lowest BCUT2D eigenvalue weighted by atomic mass is 10.1. The van der Waals surface area contributed by atoms with Crippen molar-refractivity contribution in [3.8, 4) is 5.75 Å². The minimum Gasteiger partial charge on any atom is -0.482 e. The maximum absolute atomic E-state index is 12.2. The zero-order chi connectivity index (χ0) is 19.2. The van der Waals surface area contributed by atoms with Crippen LogP contribution in [-0.4, -0.2) is 30.5 Å². The summed E-state index contributed by atoms with van der Waals surface area (Å²) in [5, 5.41) is 3.40. The fraction of sp³-hybridized carbons (Fsp3) is 0.409. The summed E-state index contributed by atoms with van der Waals surface area (Å²) >= 11 is 6.22. The highest BCUT2D eigenvalue weighted by molar-refractivity contribution is 6.32. The van der Waals surface area contributed by atoms with E-state index in [2.05, 4.69) is 22.3 Å². The molecule has 1 aliphatic heterocycles. The lowest BCUT2D eigenvalue weighted by molar-refractivity contribution is -0.118. The normalized spacial score (nSPS) is 14.8. The summed E-state index contributed by atoms with van der Waals surface area (Å²) in [5.41, 5.74) is 4.04. The maximum Gasteiger partial charge on any atom is 0.262 e. The first-order chi connectivity index (χ1) is 13.0. The lowest BCUT2D eigenvalue weighted by Gasteiger charge is -2.26. The molecule has 2 aromatic carbocycles. The number of nitrogens with zero attached hydrogens (tertiary/aromatic N) is 1. The van der Waals surface area contributed by atoms with E-state index in [9.17, 15) is 4.79 Å². The van der Waals surface area contributed by atoms with E-state index in [-0.39, 0.29) is 12.5 Å². The second-order valence-corrected chi connectivity index (χ2v) is 7.67. The van der Waals surface area contributed by atoms with Crippen molar-refractivity contribution in [1.82, 2.24) is 4.90 Å². The van der Waals surface area contributed by atoms with Gasteiger partial charge in [-0.3, -0.25) is 9.69 Å². The second kappa shape index (κ2) is 9.25. The van der Waals surface area contributed by atoms with Gasteiger partial charge < -0.3 is 10.1 Å². The van der Waals surface area contributed by atoms with Gasteiger partial charge in [0.25, 0.3) is 5.91 Å². The monoisotopic (exact) mass is 386 g/mol. The number of likely N-dealkylation sites (tertiary alicyclic amines) is 1. The highest BCUT2D eigenvalue weighted by Crippen LogP contribution is 2.29. The summed E-state index contributed by atoms with van der Waals surface area (Å²) in [7, 11) is 0. The van der Waals surface area contributed by atoms with E-state index in [1.54, 1.807) is 0 Å². The Morgan fingerprint density at radius 1 is 1.11 bits per heavy atom. The average molecular weight is 387 g/mol. The molecule has 0 aromatic heterocycles. The highest BCUT2D eigenvalue weighted by Gasteiger charge is 2.12. The molecule has 5 heteroatoms. The van der Waals surface area contributed by atoms with Crippen LogP contribution in [0.15, 0.2) is 36.4 Å². The number of amides is 1. The summed E-state index contributed by atoms with van der Waals surface area (Å²) in [5.74, 6) is 0.365. The van der Waals surface area contributed by atoms with Crippen LogP contribution in [0.1, 0.15) is 36.0 Å². The minimum absolute atomic E-state index is 0.0703. The molecule has 1 aliphatic rings. The van der Waals surface area contributed by atoms with Gasteiger partial charge in [-0.25, -0.2) is 0 Å². The number of nitrogens with one attached hydrogen (secondary N) is 1. The largest absolute Gasteiger partial charge is 0.482 e. The molecule has 0 aliphatic carbocycles. The van der Waals surface area contributed by atoms with Gasteiger partial charge >= 0.3 is 0 Å². The Balaban J connectivity index is 1.50. The molecule has 0 atom stereocenters. The molecule has 4 nitrogen and oxygen atoms in total. The Morgan fingerprint density at radius 2 is 1.81 bits per heavy atom. The molecule has 0 bridgehead atoms. The van der Waals surface area contributed by atoms with Crippen LogP contribution in [-0.2, 0) is 11.3 Å². The van der Waals surface area contributed by atoms with Crippen molar-refractivity contribution in [2.45, 2.75) is 39.7 Å². The van der Waals surface area contributed by atoms with Crippen LogP contribution in [0.5, 0.6) is 5.75 Å². The van der Waals surface area contributed by atoms with Crippen molar-refractivity contribution >= 4 is 23.2 Å². The topological polar surface area (TPSA) is 41.6 Å². The second-order valence-electron chi connectivity index (χ2n) is 7.26. The Bertz CT molecular complexity index is 760. The van der Waals surface area contributed by atoms with Gasteiger partial charge in [0.15, 0.2) is 6.61 Å². The van der Waals surface area contributed by atoms with Crippen LogP contribution >= 0.6 is 11.6 Å². The van der Waals surface area contributed by atoms with Crippen LogP contribution in [0.2, 0.25) is 5.02 Å². The predicted octanol–water partition coefficient (Wildman–Crippen LogP) is 4.96. The minimum atomic E-state index is -0.199. The number of benzene rings is 2. The van der Waals surface area contributed by atoms with Crippen molar-refractivity contribution in [1.29, 1.82) is 0 Å². The van der Waals surface area contributed by atoms with Crippen molar-refractivity contribution < 1.29 is 9.53 Å². The average Bonchev–Trinajstić information content (AvgIpc) is 2.63. The molecule has 3 rings (SSSR count). The number of carbonyl (C=O) groups excluding carboxylic acids is 1. The number of aryl methyl sites for hydroxylation is 2. The van der Waals surface area contributed by atoms with Crippen LogP contribution in [0.25, 0.3) is 0 Å². The Morgan fingerprint density at radius 3 is 2.48 bits per heavy atom. The Labute approximate surface area is 166 Å². The molecule has 0 saturated carbocycles. The first kappa shape index (κ1) is 19.7. The number of ether oxygens (including phenoxy) is 1. The fourth-order valence-corrected chi connectivity index (χ4v) is 3.86. The van der Waals surface area contributed by atoms with Gasteiger partial charge in [-0.2, -0.15) is 0 Å². The van der Waals surface area contributed by atoms with Gasteiger partial charge in [0.2, 0.25) is 0 Å². The first-order valence-electron chi connectivity index (χ1n) is 9.52. The van der Waals surface area contributed by atoms with Crippen LogP contribution in [0, 0.1) is 13.8 Å². The van der Waals surface area contributed by atoms with Gasteiger partial charge in [-0.1, -0.05) is 36.2 Å². The zero-order valence-corrected chi connectivity index (χ0v) is 16.8. The van der Waals surface area contributed by atoms with E-state index < -0.39 is 0 Å². The molecular weight excluding hydrogens is 360 g/mol. The van der Waals surface area contributed by atoms with Gasteiger partial charge in [0.1, 0.15) is 5.75 Å². The number of piperidine rings is 1.